The third-order valence-corrected chi connectivity index (χ3v) is 27.8. The zero-order valence-corrected chi connectivity index (χ0v) is 78.7. The average molecular weight is 1900 g/mol. The number of benzene rings is 18. The maximum absolute atomic E-state index is 6.78. The summed E-state index contributed by atoms with van der Waals surface area (Å²) in [5.41, 5.74) is 25.1. The summed E-state index contributed by atoms with van der Waals surface area (Å²) in [6.45, 7) is 0. The monoisotopic (exact) mass is 1900 g/mol. The molecular weight excluding hydrogens is 1830 g/mol. The van der Waals surface area contributed by atoms with Crippen molar-refractivity contribution in [3.05, 3.63) is 461 Å². The van der Waals surface area contributed by atoms with Crippen molar-refractivity contribution in [2.75, 3.05) is 0 Å². The molecule has 0 N–H and O–H groups in total. The van der Waals surface area contributed by atoms with Gasteiger partial charge in [-0.2, -0.15) is 19.9 Å². The summed E-state index contributed by atoms with van der Waals surface area (Å²) >= 11 is 0. The van der Waals surface area contributed by atoms with Gasteiger partial charge in [-0.05, 0) is 144 Å². The summed E-state index contributed by atoms with van der Waals surface area (Å²) in [5, 5.41) is 12.4. The Bertz CT molecular complexity index is 9650. The molecule has 0 saturated heterocycles. The first kappa shape index (κ1) is 84.3. The Labute approximate surface area is 842 Å². The van der Waals surface area contributed by atoms with Crippen LogP contribution in [-0.2, 0) is 0 Å². The Morgan fingerprint density at radius 3 is 0.520 bits per heavy atom. The van der Waals surface area contributed by atoms with E-state index in [9.17, 15) is 0 Å². The van der Waals surface area contributed by atoms with E-state index in [0.717, 1.165) is 210 Å². The van der Waals surface area contributed by atoms with Crippen LogP contribution in [0, 0.1) is 0 Å². The van der Waals surface area contributed by atoms with Crippen molar-refractivity contribution in [1.82, 2.24) is 78.1 Å². The zero-order valence-electron chi connectivity index (χ0n) is 78.7. The van der Waals surface area contributed by atoms with Gasteiger partial charge in [0, 0.05) is 110 Å². The molecule has 0 saturated carbocycles. The Morgan fingerprint density at radius 1 is 0.135 bits per heavy atom. The standard InChI is InChI=1S/C70H42N8O2.C58H34N8O2/c1-5-17-43(18-6-1)63-71-64(44-19-7-2-8-20-44)74-67(73-63)47-29-35-51(36-30-47)77-57-39-33-49(41-55(57)61-53-25-13-15-27-59(53)79-69(61)77)50-34-40-58-56(42-50)62-54-26-14-16-28-60(54)80-70(62)78(58)52-37-31-48(32-38-52)68-75-65(45-21-9-3-10-22-45)72-66(76-68)46-23-11-4-12-24-46;1-5-17-35(18-6-1)51-59-52(36-19-7-2-8-20-36)62-57(61-51)65-45-31-29-39(33-43(45)49-41-25-13-15-27-47(41)67-55(49)65)40-30-32-46-44(34-40)50-42-26-14-16-28-48(42)68-56(50)66(46)58-63-53(37-21-9-3-10-22-37)60-54(64-58)38-23-11-4-12-24-38/h1-42H;1-34H. The molecule has 0 aliphatic heterocycles. The minimum atomic E-state index is 0.464. The van der Waals surface area contributed by atoms with Crippen molar-refractivity contribution in [3.8, 4) is 159 Å². The topological polar surface area (TPSA) is 227 Å². The Morgan fingerprint density at radius 2 is 0.304 bits per heavy atom. The van der Waals surface area contributed by atoms with E-state index in [1.54, 1.807) is 0 Å². The van der Waals surface area contributed by atoms with Crippen molar-refractivity contribution in [3.63, 3.8) is 0 Å². The number of para-hydroxylation sites is 4. The second-order valence-electron chi connectivity index (χ2n) is 36.6. The molecule has 692 valence electrons. The van der Waals surface area contributed by atoms with E-state index in [1.165, 1.54) is 0 Å². The van der Waals surface area contributed by atoms with E-state index in [4.69, 9.17) is 77.5 Å². The van der Waals surface area contributed by atoms with Gasteiger partial charge >= 0.3 is 0 Å². The molecule has 0 spiro atoms. The van der Waals surface area contributed by atoms with Crippen LogP contribution in [0.15, 0.2) is 479 Å². The highest BCUT2D eigenvalue weighted by atomic mass is 16.4. The summed E-state index contributed by atoms with van der Waals surface area (Å²) in [6, 6.07) is 156. The molecule has 0 unspecified atom stereocenters. The molecule has 30 aromatic rings. The van der Waals surface area contributed by atoms with Crippen LogP contribution in [0.3, 0.4) is 0 Å². The van der Waals surface area contributed by atoms with E-state index in [1.807, 2.05) is 312 Å². The molecule has 20 heteroatoms. The number of hydrogen-bond donors (Lipinski definition) is 0. The normalized spacial score (nSPS) is 11.8. The number of hydrogen-bond acceptors (Lipinski definition) is 16. The molecule has 0 aliphatic carbocycles. The molecular formula is C128H76N16O4. The molecule has 12 aromatic heterocycles. The second-order valence-corrected chi connectivity index (χ2v) is 36.6. The SMILES string of the molecule is c1ccc(-c2nc(-c3ccccc3)nc(-c3ccc(-n4c5ccc(-c6ccc7c(c6)c6c8ccccc8oc6n7-c6ccc(-c7nc(-c8ccccc8)nc(-c8ccccc8)n7)cc6)cc5c5c6ccccc6oc54)cc3)n2)cc1.c1ccc(-c2nc(-c3ccccc3)nc(-n3c4ccc(-c5ccc6c(c5)c5c7ccccc7oc5n6-c5nc(-c6ccccc6)nc(-c6ccccc6)n5)cc4c4c5ccccc5oc43)n2)cc1. The van der Waals surface area contributed by atoms with Gasteiger partial charge in [0.2, 0.25) is 34.8 Å². The predicted octanol–water partition coefficient (Wildman–Crippen LogP) is 31.5. The molecule has 0 amide bonds. The predicted molar refractivity (Wildman–Crippen MR) is 588 cm³/mol. The van der Waals surface area contributed by atoms with Crippen molar-refractivity contribution in [2.24, 2.45) is 0 Å². The van der Waals surface area contributed by atoms with Crippen LogP contribution in [0.5, 0.6) is 0 Å². The largest absolute Gasteiger partial charge is 0.439 e. The van der Waals surface area contributed by atoms with Crippen LogP contribution in [-0.4, -0.2) is 78.1 Å². The summed E-state index contributed by atoms with van der Waals surface area (Å²) in [7, 11) is 0. The minimum absolute atomic E-state index is 0.464. The Hall–Kier alpha value is -20.6. The molecule has 30 rings (SSSR count). The van der Waals surface area contributed by atoms with Crippen molar-refractivity contribution in [2.45, 2.75) is 0 Å². The van der Waals surface area contributed by atoms with Crippen molar-refractivity contribution in [1.29, 1.82) is 0 Å². The highest BCUT2D eigenvalue weighted by molar-refractivity contribution is 6.25. The smallest absolute Gasteiger partial charge is 0.241 e. The Balaban J connectivity index is 0.000000141. The molecule has 12 heterocycles. The van der Waals surface area contributed by atoms with E-state index < -0.39 is 0 Å². The maximum atomic E-state index is 6.78. The molecule has 148 heavy (non-hydrogen) atoms. The molecule has 0 aliphatic rings. The third kappa shape index (κ3) is 14.4. The number of aromatic nitrogens is 16. The van der Waals surface area contributed by atoms with Crippen LogP contribution in [0.2, 0.25) is 0 Å². The summed E-state index contributed by atoms with van der Waals surface area (Å²) in [4.78, 5) is 60.3. The molecule has 0 atom stereocenters. The summed E-state index contributed by atoms with van der Waals surface area (Å²) in [6.07, 6.45) is 0. The first-order chi connectivity index (χ1) is 73.3. The van der Waals surface area contributed by atoms with Gasteiger partial charge in [0.1, 0.15) is 22.3 Å². The van der Waals surface area contributed by atoms with Crippen LogP contribution >= 0.6 is 0 Å². The zero-order chi connectivity index (χ0) is 97.4. The maximum Gasteiger partial charge on any atom is 0.241 e. The fourth-order valence-electron chi connectivity index (χ4n) is 20.8. The average Bonchev–Trinajstić information content (AvgIpc) is 1.56. The lowest BCUT2D eigenvalue weighted by Gasteiger charge is -2.11. The number of nitrogens with zero attached hydrogens (tertiary/aromatic N) is 16. The van der Waals surface area contributed by atoms with Gasteiger partial charge in [-0.3, -0.25) is 9.13 Å². The number of furan rings is 4. The van der Waals surface area contributed by atoms with Gasteiger partial charge in [-0.15, -0.1) is 0 Å². The molecule has 0 bridgehead atoms. The van der Waals surface area contributed by atoms with Crippen LogP contribution in [0.4, 0.5) is 0 Å². The lowest BCUT2D eigenvalue weighted by molar-refractivity contribution is 0.640. The Kier molecular flexibility index (Phi) is 19.7. The van der Waals surface area contributed by atoms with Crippen molar-refractivity contribution >= 4 is 132 Å². The lowest BCUT2D eigenvalue weighted by atomic mass is 10.00. The summed E-state index contributed by atoms with van der Waals surface area (Å²) in [5.74, 6) is 6.87. The fraction of sp³-hybridized carbons (Fsp3) is 0. The van der Waals surface area contributed by atoms with Crippen LogP contribution in [0.1, 0.15) is 0 Å². The number of fused-ring (bicyclic) bond motifs is 20. The quantitative estimate of drug-likeness (QED) is 0.0876. The minimum Gasteiger partial charge on any atom is -0.439 e. The van der Waals surface area contributed by atoms with Crippen molar-refractivity contribution < 1.29 is 17.7 Å². The fourth-order valence-corrected chi connectivity index (χ4v) is 20.8. The van der Waals surface area contributed by atoms with Gasteiger partial charge in [-0.25, -0.2) is 49.0 Å². The van der Waals surface area contributed by atoms with E-state index in [-0.39, 0.29) is 0 Å². The highest BCUT2D eigenvalue weighted by Crippen LogP contribution is 2.49. The lowest BCUT2D eigenvalue weighted by Crippen LogP contribution is -2.06. The van der Waals surface area contributed by atoms with Crippen LogP contribution in [0.25, 0.3) is 291 Å². The summed E-state index contributed by atoms with van der Waals surface area (Å²) < 4.78 is 35.6. The second kappa shape index (κ2) is 34.7. The molecule has 20 nitrogen and oxygen atoms in total. The van der Waals surface area contributed by atoms with E-state index in [2.05, 4.69) is 167 Å². The van der Waals surface area contributed by atoms with Gasteiger partial charge in [0.15, 0.2) is 58.2 Å². The molecule has 0 radical (unpaired) electrons. The van der Waals surface area contributed by atoms with Gasteiger partial charge < -0.3 is 17.7 Å². The highest BCUT2D eigenvalue weighted by Gasteiger charge is 2.30. The third-order valence-electron chi connectivity index (χ3n) is 27.8. The van der Waals surface area contributed by atoms with Crippen LogP contribution < -0.4 is 0 Å². The number of rotatable bonds is 16. The van der Waals surface area contributed by atoms with Gasteiger partial charge in [0.25, 0.3) is 0 Å². The van der Waals surface area contributed by atoms with E-state index >= 15 is 0 Å². The first-order valence-electron chi connectivity index (χ1n) is 48.9. The molecule has 18 aromatic carbocycles. The first-order valence-corrected chi connectivity index (χ1v) is 48.9. The molecule has 0 fully saturated rings. The van der Waals surface area contributed by atoms with E-state index in [0.29, 0.717) is 81.6 Å². The van der Waals surface area contributed by atoms with Gasteiger partial charge in [-0.1, -0.05) is 340 Å². The van der Waals surface area contributed by atoms with Gasteiger partial charge in [0.05, 0.1) is 43.6 Å².